The molecule has 0 bridgehead atoms. The molecule has 1 aliphatic rings. The Hall–Kier alpha value is -1.14. The molecule has 0 amide bonds. The van der Waals surface area contributed by atoms with Crippen molar-refractivity contribution in [2.24, 2.45) is 0 Å². The van der Waals surface area contributed by atoms with Gasteiger partial charge in [0.25, 0.3) is 0 Å². The lowest BCUT2D eigenvalue weighted by Crippen LogP contribution is -2.36. The number of aromatic nitrogens is 1. The SMILES string of the molecule is CCCC1(c2nc3cc(C(F)(F)F)ccc3s2)CCCN1. The fourth-order valence-electron chi connectivity index (χ4n) is 3.04. The predicted molar refractivity (Wildman–Crippen MR) is 78.4 cm³/mol. The second kappa shape index (κ2) is 5.25. The van der Waals surface area contributed by atoms with Crippen LogP contribution in [0.5, 0.6) is 0 Å². The Morgan fingerprint density at radius 1 is 1.38 bits per heavy atom. The van der Waals surface area contributed by atoms with Gasteiger partial charge in [-0.15, -0.1) is 11.3 Å². The van der Waals surface area contributed by atoms with E-state index in [0.717, 1.165) is 54.1 Å². The van der Waals surface area contributed by atoms with Gasteiger partial charge in [0.05, 0.1) is 21.3 Å². The number of benzene rings is 1. The molecular weight excluding hydrogens is 297 g/mol. The Kier molecular flexibility index (Phi) is 3.69. The summed E-state index contributed by atoms with van der Waals surface area (Å²) in [6.45, 7) is 3.07. The van der Waals surface area contributed by atoms with E-state index in [-0.39, 0.29) is 5.54 Å². The van der Waals surface area contributed by atoms with Crippen LogP contribution in [0.3, 0.4) is 0 Å². The Balaban J connectivity index is 2.04. The van der Waals surface area contributed by atoms with Crippen molar-refractivity contribution in [3.63, 3.8) is 0 Å². The Morgan fingerprint density at radius 2 is 2.19 bits per heavy atom. The highest BCUT2D eigenvalue weighted by Crippen LogP contribution is 2.40. The number of nitrogens with zero attached hydrogens (tertiary/aromatic N) is 1. The smallest absolute Gasteiger partial charge is 0.305 e. The molecule has 2 nitrogen and oxygen atoms in total. The van der Waals surface area contributed by atoms with Crippen LogP contribution in [0.1, 0.15) is 43.2 Å². The molecule has 1 saturated heterocycles. The number of thiazole rings is 1. The lowest BCUT2D eigenvalue weighted by Gasteiger charge is -2.26. The van der Waals surface area contributed by atoms with Crippen LogP contribution in [0.25, 0.3) is 10.2 Å². The first-order chi connectivity index (χ1) is 9.94. The molecule has 1 N–H and O–H groups in total. The number of alkyl halides is 3. The maximum atomic E-state index is 12.8. The van der Waals surface area contributed by atoms with Gasteiger partial charge < -0.3 is 5.32 Å². The minimum Gasteiger partial charge on any atom is -0.305 e. The number of hydrogen-bond acceptors (Lipinski definition) is 3. The van der Waals surface area contributed by atoms with E-state index in [1.165, 1.54) is 17.4 Å². The second-order valence-corrected chi connectivity index (χ2v) is 6.59. The van der Waals surface area contributed by atoms with E-state index in [1.54, 1.807) is 0 Å². The Morgan fingerprint density at radius 3 is 2.81 bits per heavy atom. The summed E-state index contributed by atoms with van der Waals surface area (Å²) in [4.78, 5) is 4.52. The lowest BCUT2D eigenvalue weighted by molar-refractivity contribution is -0.137. The first kappa shape index (κ1) is 14.8. The fourth-order valence-corrected chi connectivity index (χ4v) is 4.21. The van der Waals surface area contributed by atoms with Crippen LogP contribution >= 0.6 is 11.3 Å². The molecular formula is C15H17F3N2S. The van der Waals surface area contributed by atoms with Crippen molar-refractivity contribution in [2.75, 3.05) is 6.54 Å². The number of rotatable bonds is 3. The summed E-state index contributed by atoms with van der Waals surface area (Å²) in [6.07, 6.45) is -0.225. The number of hydrogen-bond donors (Lipinski definition) is 1. The van der Waals surface area contributed by atoms with Gasteiger partial charge in [0, 0.05) is 0 Å². The molecule has 0 radical (unpaired) electrons. The fraction of sp³-hybridized carbons (Fsp3) is 0.533. The normalized spacial score (nSPS) is 23.0. The largest absolute Gasteiger partial charge is 0.416 e. The summed E-state index contributed by atoms with van der Waals surface area (Å²) in [6, 6.07) is 3.83. The van der Waals surface area contributed by atoms with Crippen molar-refractivity contribution in [2.45, 2.75) is 44.3 Å². The van der Waals surface area contributed by atoms with E-state index in [0.29, 0.717) is 5.52 Å². The zero-order chi connectivity index (χ0) is 15.1. The average Bonchev–Trinajstić information content (AvgIpc) is 3.03. The average molecular weight is 314 g/mol. The third kappa shape index (κ3) is 2.66. The van der Waals surface area contributed by atoms with E-state index in [4.69, 9.17) is 0 Å². The maximum Gasteiger partial charge on any atom is 0.416 e. The van der Waals surface area contributed by atoms with Gasteiger partial charge in [-0.25, -0.2) is 4.98 Å². The van der Waals surface area contributed by atoms with Crippen LogP contribution < -0.4 is 5.32 Å². The molecule has 1 atom stereocenters. The van der Waals surface area contributed by atoms with Gasteiger partial charge in [-0.05, 0) is 44.0 Å². The van der Waals surface area contributed by atoms with Crippen LogP contribution in [-0.4, -0.2) is 11.5 Å². The number of halogens is 3. The van der Waals surface area contributed by atoms with Crippen molar-refractivity contribution in [3.8, 4) is 0 Å². The number of nitrogens with one attached hydrogen (secondary N) is 1. The summed E-state index contributed by atoms with van der Waals surface area (Å²) in [5.41, 5.74) is -0.318. The highest BCUT2D eigenvalue weighted by Gasteiger charge is 2.37. The van der Waals surface area contributed by atoms with Crippen molar-refractivity contribution in [1.29, 1.82) is 0 Å². The minimum atomic E-state index is -4.31. The molecule has 2 aromatic rings. The van der Waals surface area contributed by atoms with Crippen LogP contribution in [0.2, 0.25) is 0 Å². The van der Waals surface area contributed by atoms with Gasteiger partial charge in [-0.2, -0.15) is 13.2 Å². The molecule has 1 aliphatic heterocycles. The highest BCUT2D eigenvalue weighted by molar-refractivity contribution is 7.18. The van der Waals surface area contributed by atoms with Crippen LogP contribution in [0.15, 0.2) is 18.2 Å². The third-order valence-corrected chi connectivity index (χ3v) is 5.29. The molecule has 114 valence electrons. The van der Waals surface area contributed by atoms with Crippen molar-refractivity contribution < 1.29 is 13.2 Å². The van der Waals surface area contributed by atoms with Gasteiger partial charge in [-0.3, -0.25) is 0 Å². The van der Waals surface area contributed by atoms with Gasteiger partial charge >= 0.3 is 6.18 Å². The third-order valence-electron chi connectivity index (χ3n) is 4.04. The Bertz CT molecular complexity index is 642. The van der Waals surface area contributed by atoms with E-state index in [1.807, 2.05) is 0 Å². The van der Waals surface area contributed by atoms with Gasteiger partial charge in [0.2, 0.25) is 0 Å². The molecule has 0 saturated carbocycles. The first-order valence-corrected chi connectivity index (χ1v) is 7.99. The summed E-state index contributed by atoms with van der Waals surface area (Å²) in [5, 5.41) is 4.45. The monoisotopic (exact) mass is 314 g/mol. The molecule has 21 heavy (non-hydrogen) atoms. The molecule has 6 heteroatoms. The van der Waals surface area contributed by atoms with E-state index >= 15 is 0 Å². The molecule has 2 heterocycles. The summed E-state index contributed by atoms with van der Waals surface area (Å²) < 4.78 is 39.2. The topological polar surface area (TPSA) is 24.9 Å². The molecule has 1 fully saturated rings. The number of fused-ring (bicyclic) bond motifs is 1. The van der Waals surface area contributed by atoms with Crippen LogP contribution in [0.4, 0.5) is 13.2 Å². The van der Waals surface area contributed by atoms with Gasteiger partial charge in [-0.1, -0.05) is 13.3 Å². The maximum absolute atomic E-state index is 12.8. The predicted octanol–water partition coefficient (Wildman–Crippen LogP) is 4.69. The molecule has 0 aliphatic carbocycles. The lowest BCUT2D eigenvalue weighted by atomic mass is 9.93. The summed E-state index contributed by atoms with van der Waals surface area (Å²) in [5.74, 6) is 0. The standard InChI is InChI=1S/C15H17F3N2S/c1-2-6-14(7-3-8-19-14)13-20-11-9-10(15(16,17)18)4-5-12(11)21-13/h4-5,9,19H,2-3,6-8H2,1H3. The first-order valence-electron chi connectivity index (χ1n) is 7.18. The highest BCUT2D eigenvalue weighted by atomic mass is 32.1. The Labute approximate surface area is 125 Å². The minimum absolute atomic E-state index is 0.142. The summed E-state index contributed by atoms with van der Waals surface area (Å²) >= 11 is 1.51. The molecule has 3 rings (SSSR count). The quantitative estimate of drug-likeness (QED) is 0.888. The van der Waals surface area contributed by atoms with Crippen LogP contribution in [-0.2, 0) is 11.7 Å². The zero-order valence-electron chi connectivity index (χ0n) is 11.8. The van der Waals surface area contributed by atoms with Crippen molar-refractivity contribution in [3.05, 3.63) is 28.8 Å². The van der Waals surface area contributed by atoms with Crippen molar-refractivity contribution in [1.82, 2.24) is 10.3 Å². The van der Waals surface area contributed by atoms with Crippen LogP contribution in [0, 0.1) is 0 Å². The molecule has 1 unspecified atom stereocenters. The second-order valence-electron chi connectivity index (χ2n) is 5.56. The van der Waals surface area contributed by atoms with E-state index in [9.17, 15) is 13.2 Å². The van der Waals surface area contributed by atoms with Crippen molar-refractivity contribution >= 4 is 21.6 Å². The zero-order valence-corrected chi connectivity index (χ0v) is 12.6. The van der Waals surface area contributed by atoms with E-state index in [2.05, 4.69) is 17.2 Å². The molecule has 1 aromatic heterocycles. The van der Waals surface area contributed by atoms with Gasteiger partial charge in [0.15, 0.2) is 0 Å². The van der Waals surface area contributed by atoms with Gasteiger partial charge in [0.1, 0.15) is 5.01 Å². The molecule has 0 spiro atoms. The summed E-state index contributed by atoms with van der Waals surface area (Å²) in [7, 11) is 0. The van der Waals surface area contributed by atoms with E-state index < -0.39 is 11.7 Å². The molecule has 1 aromatic carbocycles.